The fraction of sp³-hybridized carbons (Fsp3) is 0.273. The van der Waals surface area contributed by atoms with Gasteiger partial charge in [0.15, 0.2) is 0 Å². The topological polar surface area (TPSA) is 84.2 Å². The van der Waals surface area contributed by atoms with Crippen molar-refractivity contribution in [1.29, 1.82) is 0 Å². The van der Waals surface area contributed by atoms with Crippen LogP contribution in [0.4, 0.5) is 5.69 Å². The van der Waals surface area contributed by atoms with Crippen molar-refractivity contribution >= 4 is 29.1 Å². The normalized spacial score (nSPS) is 9.76. The molecule has 0 aliphatic heterocycles. The van der Waals surface area contributed by atoms with E-state index in [-0.39, 0.29) is 29.8 Å². The number of hydrogen-bond acceptors (Lipinski definition) is 3. The minimum absolute atomic E-state index is 0.135. The average Bonchev–Trinajstić information content (AvgIpc) is 2.32. The van der Waals surface area contributed by atoms with Crippen molar-refractivity contribution in [3.05, 3.63) is 28.8 Å². The van der Waals surface area contributed by atoms with E-state index in [2.05, 4.69) is 10.6 Å². The van der Waals surface area contributed by atoms with E-state index in [1.54, 1.807) is 25.2 Å². The Morgan fingerprint density at radius 3 is 2.76 bits per heavy atom. The number of carbonyl (C=O) groups is 2. The van der Waals surface area contributed by atoms with Gasteiger partial charge in [-0.1, -0.05) is 17.7 Å². The second-order valence-electron chi connectivity index (χ2n) is 3.39. The maximum atomic E-state index is 11.7. The maximum Gasteiger partial charge on any atom is 0.252 e. The SMILES string of the molecule is CNC(=O)CCNC(=O)c1cccc(N)c1Cl. The van der Waals surface area contributed by atoms with Crippen molar-refractivity contribution < 1.29 is 9.59 Å². The zero-order chi connectivity index (χ0) is 12.8. The van der Waals surface area contributed by atoms with Crippen LogP contribution in [-0.2, 0) is 4.79 Å². The Kier molecular flexibility index (Phi) is 4.78. The van der Waals surface area contributed by atoms with Gasteiger partial charge in [-0.2, -0.15) is 0 Å². The molecular formula is C11H14ClN3O2. The summed E-state index contributed by atoms with van der Waals surface area (Å²) in [7, 11) is 1.54. The molecule has 0 radical (unpaired) electrons. The first-order valence-electron chi connectivity index (χ1n) is 5.09. The molecule has 1 rings (SSSR count). The second kappa shape index (κ2) is 6.10. The molecule has 2 amide bonds. The van der Waals surface area contributed by atoms with E-state index in [1.165, 1.54) is 0 Å². The summed E-state index contributed by atoms with van der Waals surface area (Å²) >= 11 is 5.89. The van der Waals surface area contributed by atoms with Crippen LogP contribution in [0.2, 0.25) is 5.02 Å². The Hall–Kier alpha value is -1.75. The molecular weight excluding hydrogens is 242 g/mol. The Balaban J connectivity index is 2.59. The molecule has 0 saturated heterocycles. The van der Waals surface area contributed by atoms with Crippen LogP contribution in [0.1, 0.15) is 16.8 Å². The molecule has 4 N–H and O–H groups in total. The van der Waals surface area contributed by atoms with E-state index < -0.39 is 0 Å². The van der Waals surface area contributed by atoms with Gasteiger partial charge in [0.1, 0.15) is 0 Å². The number of nitrogens with one attached hydrogen (secondary N) is 2. The quantitative estimate of drug-likeness (QED) is 0.696. The lowest BCUT2D eigenvalue weighted by Crippen LogP contribution is -2.29. The standard InChI is InChI=1S/C11H14ClN3O2/c1-14-9(16)5-6-15-11(17)7-3-2-4-8(13)10(7)12/h2-4H,5-6,13H2,1H3,(H,14,16)(H,15,17). The van der Waals surface area contributed by atoms with Gasteiger partial charge in [0, 0.05) is 20.0 Å². The highest BCUT2D eigenvalue weighted by atomic mass is 35.5. The van der Waals surface area contributed by atoms with Gasteiger partial charge in [0.25, 0.3) is 5.91 Å². The second-order valence-corrected chi connectivity index (χ2v) is 3.77. The van der Waals surface area contributed by atoms with Crippen LogP contribution in [0.5, 0.6) is 0 Å². The largest absolute Gasteiger partial charge is 0.398 e. The number of carbonyl (C=O) groups excluding carboxylic acids is 2. The smallest absolute Gasteiger partial charge is 0.252 e. The van der Waals surface area contributed by atoms with E-state index in [0.717, 1.165) is 0 Å². The van der Waals surface area contributed by atoms with Gasteiger partial charge in [-0.3, -0.25) is 9.59 Å². The molecule has 5 nitrogen and oxygen atoms in total. The van der Waals surface area contributed by atoms with E-state index in [1.807, 2.05) is 0 Å². The van der Waals surface area contributed by atoms with Gasteiger partial charge in [0.2, 0.25) is 5.91 Å². The van der Waals surface area contributed by atoms with Crippen LogP contribution < -0.4 is 16.4 Å². The molecule has 1 aromatic rings. The summed E-state index contributed by atoms with van der Waals surface area (Å²) in [6.07, 6.45) is 0.224. The Morgan fingerprint density at radius 2 is 2.12 bits per heavy atom. The highest BCUT2D eigenvalue weighted by molar-refractivity contribution is 6.36. The monoisotopic (exact) mass is 255 g/mol. The molecule has 92 valence electrons. The van der Waals surface area contributed by atoms with Crippen molar-refractivity contribution in [2.75, 3.05) is 19.3 Å². The van der Waals surface area contributed by atoms with Gasteiger partial charge in [-0.25, -0.2) is 0 Å². The summed E-state index contributed by atoms with van der Waals surface area (Å²) in [5.41, 5.74) is 6.24. The van der Waals surface area contributed by atoms with Crippen molar-refractivity contribution in [1.82, 2.24) is 10.6 Å². The minimum Gasteiger partial charge on any atom is -0.398 e. The molecule has 17 heavy (non-hydrogen) atoms. The van der Waals surface area contributed by atoms with Crippen LogP contribution in [0.3, 0.4) is 0 Å². The zero-order valence-corrected chi connectivity index (χ0v) is 10.2. The highest BCUT2D eigenvalue weighted by Crippen LogP contribution is 2.22. The predicted octanol–water partition coefficient (Wildman–Crippen LogP) is 0.788. The molecule has 0 spiro atoms. The molecule has 0 bridgehead atoms. The molecule has 1 aromatic carbocycles. The van der Waals surface area contributed by atoms with E-state index >= 15 is 0 Å². The summed E-state index contributed by atoms with van der Waals surface area (Å²) < 4.78 is 0. The number of anilines is 1. The zero-order valence-electron chi connectivity index (χ0n) is 9.42. The van der Waals surface area contributed by atoms with Crippen molar-refractivity contribution in [2.24, 2.45) is 0 Å². The summed E-state index contributed by atoms with van der Waals surface area (Å²) in [5, 5.41) is 5.28. The number of amides is 2. The van der Waals surface area contributed by atoms with Crippen LogP contribution in [0.15, 0.2) is 18.2 Å². The summed E-state index contributed by atoms with van der Waals surface area (Å²) in [5.74, 6) is -0.477. The number of hydrogen-bond donors (Lipinski definition) is 3. The van der Waals surface area contributed by atoms with Gasteiger partial charge in [-0.15, -0.1) is 0 Å². The van der Waals surface area contributed by atoms with E-state index in [4.69, 9.17) is 17.3 Å². The van der Waals surface area contributed by atoms with Crippen LogP contribution in [-0.4, -0.2) is 25.4 Å². The molecule has 0 aliphatic carbocycles. The lowest BCUT2D eigenvalue weighted by atomic mass is 10.2. The van der Waals surface area contributed by atoms with Gasteiger partial charge in [-0.05, 0) is 12.1 Å². The first-order chi connectivity index (χ1) is 8.06. The number of nitrogens with two attached hydrogens (primary N) is 1. The first-order valence-corrected chi connectivity index (χ1v) is 5.46. The number of benzene rings is 1. The summed E-state index contributed by atoms with van der Waals surface area (Å²) in [6.45, 7) is 0.254. The molecule has 0 unspecified atom stereocenters. The van der Waals surface area contributed by atoms with Crippen molar-refractivity contribution in [2.45, 2.75) is 6.42 Å². The van der Waals surface area contributed by atoms with Crippen molar-refractivity contribution in [3.8, 4) is 0 Å². The van der Waals surface area contributed by atoms with Crippen molar-refractivity contribution in [3.63, 3.8) is 0 Å². The Labute approximate surface area is 104 Å². The fourth-order valence-corrected chi connectivity index (χ4v) is 1.45. The summed E-state index contributed by atoms with van der Waals surface area (Å²) in [4.78, 5) is 22.6. The maximum absolute atomic E-state index is 11.7. The van der Waals surface area contributed by atoms with E-state index in [9.17, 15) is 9.59 Å². The molecule has 0 aromatic heterocycles. The van der Waals surface area contributed by atoms with Crippen LogP contribution in [0, 0.1) is 0 Å². The minimum atomic E-state index is -0.341. The average molecular weight is 256 g/mol. The van der Waals surface area contributed by atoms with Gasteiger partial charge in [0.05, 0.1) is 16.3 Å². The Bertz CT molecular complexity index is 435. The summed E-state index contributed by atoms with van der Waals surface area (Å²) in [6, 6.07) is 4.84. The van der Waals surface area contributed by atoms with Gasteiger partial charge < -0.3 is 16.4 Å². The third-order valence-electron chi connectivity index (χ3n) is 2.19. The lowest BCUT2D eigenvalue weighted by Gasteiger charge is -2.07. The molecule has 0 fully saturated rings. The predicted molar refractivity (Wildman–Crippen MR) is 66.9 cm³/mol. The fourth-order valence-electron chi connectivity index (χ4n) is 1.23. The highest BCUT2D eigenvalue weighted by Gasteiger charge is 2.11. The van der Waals surface area contributed by atoms with Gasteiger partial charge >= 0.3 is 0 Å². The molecule has 0 saturated carbocycles. The number of rotatable bonds is 4. The number of nitrogen functional groups attached to an aromatic ring is 1. The molecule has 0 heterocycles. The van der Waals surface area contributed by atoms with E-state index in [0.29, 0.717) is 11.3 Å². The molecule has 0 aliphatic rings. The molecule has 0 atom stereocenters. The van der Waals surface area contributed by atoms with Crippen LogP contribution >= 0.6 is 11.6 Å². The molecule has 6 heteroatoms. The third-order valence-corrected chi connectivity index (χ3v) is 2.61. The number of halogens is 1. The third kappa shape index (κ3) is 3.64. The lowest BCUT2D eigenvalue weighted by molar-refractivity contribution is -0.120. The van der Waals surface area contributed by atoms with Crippen LogP contribution in [0.25, 0.3) is 0 Å². The first kappa shape index (κ1) is 13.3. The Morgan fingerprint density at radius 1 is 1.41 bits per heavy atom.